The van der Waals surface area contributed by atoms with Crippen LogP contribution in [0, 0.1) is 0 Å². The minimum atomic E-state index is -0.278. The number of fused-ring (bicyclic) bond motifs is 1. The lowest BCUT2D eigenvalue weighted by Gasteiger charge is -2.31. The van der Waals surface area contributed by atoms with Gasteiger partial charge >= 0.3 is 0 Å². The third kappa shape index (κ3) is 4.49. The van der Waals surface area contributed by atoms with Gasteiger partial charge < -0.3 is 14.5 Å². The van der Waals surface area contributed by atoms with Crippen molar-refractivity contribution < 1.29 is 18.7 Å². The standard InChI is InChI=1S/C23H25N3O4S/c1-4-23(2,3)15-7-8-19-18(10-15)26(21(27)13-30-19)12-20-25-17(14-31-20)22(28)24-11-16-6-5-9-29-16/h5-10,14H,4,11-13H2,1-3H3,(H,24,28). The quantitative estimate of drug-likeness (QED) is 0.594. The highest BCUT2D eigenvalue weighted by Gasteiger charge is 2.29. The summed E-state index contributed by atoms with van der Waals surface area (Å²) in [6, 6.07) is 9.58. The third-order valence-electron chi connectivity index (χ3n) is 5.65. The van der Waals surface area contributed by atoms with Crippen LogP contribution in [0.3, 0.4) is 0 Å². The number of furan rings is 1. The fourth-order valence-electron chi connectivity index (χ4n) is 3.29. The largest absolute Gasteiger partial charge is 0.482 e. The van der Waals surface area contributed by atoms with E-state index in [4.69, 9.17) is 9.15 Å². The second-order valence-electron chi connectivity index (χ2n) is 8.08. The van der Waals surface area contributed by atoms with Crippen molar-refractivity contribution in [3.05, 3.63) is 64.0 Å². The highest BCUT2D eigenvalue weighted by atomic mass is 32.1. The first-order chi connectivity index (χ1) is 14.9. The Morgan fingerprint density at radius 1 is 1.32 bits per heavy atom. The Hall–Kier alpha value is -3.13. The number of nitrogens with zero attached hydrogens (tertiary/aromatic N) is 2. The fraction of sp³-hybridized carbons (Fsp3) is 0.348. The van der Waals surface area contributed by atoms with Crippen molar-refractivity contribution in [1.82, 2.24) is 10.3 Å². The van der Waals surface area contributed by atoms with Crippen LogP contribution in [0.2, 0.25) is 0 Å². The van der Waals surface area contributed by atoms with E-state index in [1.165, 1.54) is 11.3 Å². The summed E-state index contributed by atoms with van der Waals surface area (Å²) in [5.41, 5.74) is 2.21. The summed E-state index contributed by atoms with van der Waals surface area (Å²) in [6.45, 7) is 7.08. The Morgan fingerprint density at radius 3 is 2.90 bits per heavy atom. The Morgan fingerprint density at radius 2 is 2.16 bits per heavy atom. The molecular weight excluding hydrogens is 414 g/mol. The monoisotopic (exact) mass is 439 g/mol. The van der Waals surface area contributed by atoms with E-state index in [0.29, 0.717) is 35.3 Å². The van der Waals surface area contributed by atoms with Crippen molar-refractivity contribution in [1.29, 1.82) is 0 Å². The lowest BCUT2D eigenvalue weighted by molar-refractivity contribution is -0.121. The van der Waals surface area contributed by atoms with Gasteiger partial charge in [-0.2, -0.15) is 0 Å². The van der Waals surface area contributed by atoms with Crippen LogP contribution in [0.25, 0.3) is 0 Å². The van der Waals surface area contributed by atoms with Crippen LogP contribution in [0.1, 0.15) is 54.0 Å². The van der Waals surface area contributed by atoms with Crippen LogP contribution >= 0.6 is 11.3 Å². The van der Waals surface area contributed by atoms with Gasteiger partial charge in [-0.25, -0.2) is 4.98 Å². The Kier molecular flexibility index (Phi) is 5.82. The van der Waals surface area contributed by atoms with E-state index in [2.05, 4.69) is 37.1 Å². The Labute approximate surface area is 185 Å². The molecule has 0 radical (unpaired) electrons. The maximum Gasteiger partial charge on any atom is 0.271 e. The van der Waals surface area contributed by atoms with Gasteiger partial charge in [-0.15, -0.1) is 11.3 Å². The molecule has 2 aromatic heterocycles. The molecule has 1 aromatic carbocycles. The average molecular weight is 440 g/mol. The summed E-state index contributed by atoms with van der Waals surface area (Å²) in [4.78, 5) is 31.2. The summed E-state index contributed by atoms with van der Waals surface area (Å²) in [7, 11) is 0. The maximum absolute atomic E-state index is 12.7. The molecule has 31 heavy (non-hydrogen) atoms. The zero-order chi connectivity index (χ0) is 22.0. The third-order valence-corrected chi connectivity index (χ3v) is 6.48. The van der Waals surface area contributed by atoms with Crippen molar-refractivity contribution >= 4 is 28.8 Å². The molecule has 7 nitrogen and oxygen atoms in total. The van der Waals surface area contributed by atoms with Gasteiger partial charge in [0, 0.05) is 5.38 Å². The molecule has 1 aliphatic rings. The van der Waals surface area contributed by atoms with Gasteiger partial charge in [0.15, 0.2) is 6.61 Å². The van der Waals surface area contributed by atoms with Crippen molar-refractivity contribution in [2.75, 3.05) is 11.5 Å². The van der Waals surface area contributed by atoms with E-state index < -0.39 is 0 Å². The van der Waals surface area contributed by atoms with Crippen molar-refractivity contribution in [3.63, 3.8) is 0 Å². The molecule has 2 amide bonds. The lowest BCUT2D eigenvalue weighted by Crippen LogP contribution is -2.38. The molecular formula is C23H25N3O4S. The number of anilines is 1. The number of amides is 2. The summed E-state index contributed by atoms with van der Waals surface area (Å²) < 4.78 is 10.9. The summed E-state index contributed by atoms with van der Waals surface area (Å²) >= 11 is 1.36. The number of benzene rings is 1. The molecule has 1 aliphatic heterocycles. The van der Waals surface area contributed by atoms with Crippen LogP contribution in [0.5, 0.6) is 5.75 Å². The average Bonchev–Trinajstić information content (AvgIpc) is 3.46. The van der Waals surface area contributed by atoms with E-state index >= 15 is 0 Å². The number of hydrogen-bond acceptors (Lipinski definition) is 6. The van der Waals surface area contributed by atoms with E-state index in [1.807, 2.05) is 12.1 Å². The molecule has 4 rings (SSSR count). The van der Waals surface area contributed by atoms with Crippen LogP contribution in [0.4, 0.5) is 5.69 Å². The van der Waals surface area contributed by atoms with Gasteiger partial charge in [-0.1, -0.05) is 26.8 Å². The highest BCUT2D eigenvalue weighted by molar-refractivity contribution is 7.09. The lowest BCUT2D eigenvalue weighted by atomic mass is 9.82. The van der Waals surface area contributed by atoms with Gasteiger partial charge in [-0.3, -0.25) is 14.5 Å². The molecule has 3 heterocycles. The van der Waals surface area contributed by atoms with Crippen molar-refractivity contribution in [2.24, 2.45) is 0 Å². The molecule has 1 N–H and O–H groups in total. The van der Waals surface area contributed by atoms with E-state index in [9.17, 15) is 9.59 Å². The zero-order valence-electron chi connectivity index (χ0n) is 17.8. The van der Waals surface area contributed by atoms with Crippen LogP contribution < -0.4 is 15.0 Å². The zero-order valence-corrected chi connectivity index (χ0v) is 18.6. The van der Waals surface area contributed by atoms with Gasteiger partial charge in [0.05, 0.1) is 25.0 Å². The minimum absolute atomic E-state index is 0.00855. The number of thiazole rings is 1. The molecule has 0 unspecified atom stereocenters. The number of rotatable bonds is 7. The first-order valence-electron chi connectivity index (χ1n) is 10.2. The molecule has 8 heteroatoms. The maximum atomic E-state index is 12.7. The number of ether oxygens (including phenoxy) is 1. The molecule has 0 atom stereocenters. The second-order valence-corrected chi connectivity index (χ2v) is 9.02. The number of hydrogen-bond donors (Lipinski definition) is 1. The highest BCUT2D eigenvalue weighted by Crippen LogP contribution is 2.38. The van der Waals surface area contributed by atoms with E-state index in [-0.39, 0.29) is 23.8 Å². The predicted octanol–water partition coefficient (Wildman–Crippen LogP) is 4.28. The number of nitrogens with one attached hydrogen (secondary N) is 1. The molecule has 0 bridgehead atoms. The van der Waals surface area contributed by atoms with Gasteiger partial charge in [-0.05, 0) is 41.7 Å². The van der Waals surface area contributed by atoms with E-state index in [0.717, 1.165) is 17.7 Å². The molecule has 162 valence electrons. The predicted molar refractivity (Wildman–Crippen MR) is 118 cm³/mol. The summed E-state index contributed by atoms with van der Waals surface area (Å²) in [5.74, 6) is 0.950. The van der Waals surface area contributed by atoms with Gasteiger partial charge in [0.1, 0.15) is 22.2 Å². The molecule has 3 aromatic rings. The Balaban J connectivity index is 1.51. The van der Waals surface area contributed by atoms with Crippen molar-refractivity contribution in [3.8, 4) is 5.75 Å². The fourth-order valence-corrected chi connectivity index (χ4v) is 4.06. The minimum Gasteiger partial charge on any atom is -0.482 e. The van der Waals surface area contributed by atoms with Crippen LogP contribution in [-0.4, -0.2) is 23.4 Å². The smallest absolute Gasteiger partial charge is 0.271 e. The topological polar surface area (TPSA) is 84.7 Å². The number of carbonyl (C=O) groups is 2. The van der Waals surface area contributed by atoms with E-state index in [1.54, 1.807) is 28.7 Å². The molecule has 0 spiro atoms. The number of aromatic nitrogens is 1. The molecule has 0 saturated heterocycles. The normalized spacial score (nSPS) is 13.6. The van der Waals surface area contributed by atoms with Crippen LogP contribution in [0.15, 0.2) is 46.4 Å². The molecule has 0 fully saturated rings. The SMILES string of the molecule is CCC(C)(C)c1ccc2c(c1)N(Cc1nc(C(=O)NCc3ccco3)cs1)C(=O)CO2. The summed E-state index contributed by atoms with van der Waals surface area (Å²) in [5, 5.41) is 5.17. The first kappa shape index (κ1) is 21.1. The molecule has 0 saturated carbocycles. The summed E-state index contributed by atoms with van der Waals surface area (Å²) in [6.07, 6.45) is 2.54. The second kappa shape index (κ2) is 8.55. The van der Waals surface area contributed by atoms with Crippen LogP contribution in [-0.2, 0) is 23.3 Å². The van der Waals surface area contributed by atoms with Crippen molar-refractivity contribution in [2.45, 2.75) is 45.7 Å². The van der Waals surface area contributed by atoms with Gasteiger partial charge in [0.25, 0.3) is 11.8 Å². The Bertz CT molecular complexity index is 1090. The first-order valence-corrected chi connectivity index (χ1v) is 11.1. The molecule has 0 aliphatic carbocycles. The number of carbonyl (C=O) groups excluding carboxylic acids is 2. The van der Waals surface area contributed by atoms with Gasteiger partial charge in [0.2, 0.25) is 0 Å².